The predicted molar refractivity (Wildman–Crippen MR) is 76.2 cm³/mol. The molecule has 0 fully saturated rings. The van der Waals surface area contributed by atoms with E-state index in [1.54, 1.807) is 25.3 Å². The van der Waals surface area contributed by atoms with E-state index in [1.165, 1.54) is 0 Å². The van der Waals surface area contributed by atoms with Crippen molar-refractivity contribution in [3.05, 3.63) is 28.7 Å². The second-order valence-corrected chi connectivity index (χ2v) is 6.26. The van der Waals surface area contributed by atoms with Crippen LogP contribution >= 0.6 is 15.9 Å². The lowest BCUT2D eigenvalue weighted by atomic mass is 10.3. The maximum absolute atomic E-state index is 11.7. The number of halogens is 1. The van der Waals surface area contributed by atoms with Crippen LogP contribution < -0.4 is 10.1 Å². The van der Waals surface area contributed by atoms with Crippen molar-refractivity contribution in [2.24, 2.45) is 0 Å². The lowest BCUT2D eigenvalue weighted by Crippen LogP contribution is -2.38. The van der Waals surface area contributed by atoms with E-state index in [1.807, 2.05) is 12.1 Å². The van der Waals surface area contributed by atoms with E-state index in [2.05, 4.69) is 21.2 Å². The number of rotatable bonds is 6. The fraction of sp³-hybridized carbons (Fsp3) is 0.417. The molecule has 6 heteroatoms. The minimum absolute atomic E-state index is 0.208. The van der Waals surface area contributed by atoms with E-state index >= 15 is 0 Å². The molecular weight excluding hydrogens is 318 g/mol. The molecule has 1 rings (SSSR count). The zero-order chi connectivity index (χ0) is 13.5. The highest BCUT2D eigenvalue weighted by Crippen LogP contribution is 2.18. The Kier molecular flexibility index (Phi) is 6.35. The van der Waals surface area contributed by atoms with Gasteiger partial charge >= 0.3 is 0 Å². The number of hydrogen-bond donors (Lipinski definition) is 1. The fourth-order valence-corrected chi connectivity index (χ4v) is 2.03. The highest BCUT2D eigenvalue weighted by Gasteiger charge is 2.14. The Balaban J connectivity index is 2.42. The van der Waals surface area contributed by atoms with Crippen molar-refractivity contribution in [2.45, 2.75) is 13.0 Å². The summed E-state index contributed by atoms with van der Waals surface area (Å²) in [6.07, 6.45) is 1.03. The molecule has 0 saturated carbocycles. The van der Waals surface area contributed by atoms with Crippen LogP contribution in [0.25, 0.3) is 0 Å². The third-order valence-corrected chi connectivity index (χ3v) is 3.44. The van der Waals surface area contributed by atoms with Gasteiger partial charge in [0.1, 0.15) is 5.75 Å². The Morgan fingerprint density at radius 1 is 1.56 bits per heavy atom. The van der Waals surface area contributed by atoms with E-state index in [0.717, 1.165) is 4.47 Å². The monoisotopic (exact) mass is 333 g/mol. The Morgan fingerprint density at radius 3 is 2.89 bits per heavy atom. The average Bonchev–Trinajstić information content (AvgIpc) is 2.28. The van der Waals surface area contributed by atoms with Gasteiger partial charge in [0, 0.05) is 33.8 Å². The van der Waals surface area contributed by atoms with Crippen LogP contribution in [0.1, 0.15) is 6.92 Å². The van der Waals surface area contributed by atoms with Crippen molar-refractivity contribution < 1.29 is 13.7 Å². The standard InChI is InChI=1S/C12H16BrNO3S/c1-9(12(15)14-6-7-18(2)16)17-11-5-3-4-10(13)8-11/h3-5,8-9H,6-7H2,1-2H3,(H,14,15)/t9-,18-/m0/s1. The molecule has 1 amide bonds. The molecule has 2 atom stereocenters. The average molecular weight is 334 g/mol. The third kappa shape index (κ3) is 5.64. The fourth-order valence-electron chi connectivity index (χ4n) is 1.26. The first kappa shape index (κ1) is 15.2. The smallest absolute Gasteiger partial charge is 0.260 e. The number of hydrogen-bond acceptors (Lipinski definition) is 3. The van der Waals surface area contributed by atoms with Gasteiger partial charge in [-0.25, -0.2) is 0 Å². The van der Waals surface area contributed by atoms with Gasteiger partial charge in [-0.05, 0) is 25.1 Å². The van der Waals surface area contributed by atoms with Gasteiger partial charge in [0.05, 0.1) is 0 Å². The number of amides is 1. The van der Waals surface area contributed by atoms with Crippen LogP contribution in [0.4, 0.5) is 0 Å². The number of benzene rings is 1. The van der Waals surface area contributed by atoms with Crippen molar-refractivity contribution in [3.63, 3.8) is 0 Å². The van der Waals surface area contributed by atoms with Gasteiger partial charge in [-0.1, -0.05) is 22.0 Å². The maximum atomic E-state index is 11.7. The first-order valence-corrected chi connectivity index (χ1v) is 8.01. The van der Waals surface area contributed by atoms with Crippen molar-refractivity contribution in [1.29, 1.82) is 0 Å². The van der Waals surface area contributed by atoms with Crippen LogP contribution in [0.5, 0.6) is 5.75 Å². The van der Waals surface area contributed by atoms with Crippen molar-refractivity contribution >= 4 is 32.6 Å². The molecule has 0 heterocycles. The minimum atomic E-state index is -0.898. The van der Waals surface area contributed by atoms with Crippen LogP contribution in [0.3, 0.4) is 0 Å². The van der Waals surface area contributed by atoms with E-state index in [-0.39, 0.29) is 5.91 Å². The molecule has 0 radical (unpaired) electrons. The third-order valence-electron chi connectivity index (χ3n) is 2.17. The molecule has 18 heavy (non-hydrogen) atoms. The summed E-state index contributed by atoms with van der Waals surface area (Å²) in [6, 6.07) is 7.30. The summed E-state index contributed by atoms with van der Waals surface area (Å²) < 4.78 is 17.2. The molecule has 0 spiro atoms. The molecule has 0 aliphatic rings. The molecule has 1 aromatic rings. The molecule has 0 aliphatic heterocycles. The summed E-state index contributed by atoms with van der Waals surface area (Å²) in [5.41, 5.74) is 0. The summed E-state index contributed by atoms with van der Waals surface area (Å²) in [5, 5.41) is 2.68. The molecule has 1 N–H and O–H groups in total. The minimum Gasteiger partial charge on any atom is -0.481 e. The summed E-state index contributed by atoms with van der Waals surface area (Å²) >= 11 is 3.33. The zero-order valence-electron chi connectivity index (χ0n) is 10.3. The van der Waals surface area contributed by atoms with Crippen molar-refractivity contribution in [1.82, 2.24) is 5.32 Å². The summed E-state index contributed by atoms with van der Waals surface area (Å²) in [6.45, 7) is 2.08. The summed E-state index contributed by atoms with van der Waals surface area (Å²) in [5.74, 6) is 0.876. The van der Waals surface area contributed by atoms with Crippen molar-refractivity contribution in [2.75, 3.05) is 18.6 Å². The first-order chi connectivity index (χ1) is 8.49. The van der Waals surface area contributed by atoms with Crippen LogP contribution in [-0.2, 0) is 15.6 Å². The van der Waals surface area contributed by atoms with Crippen LogP contribution in [0.15, 0.2) is 28.7 Å². The summed E-state index contributed by atoms with van der Waals surface area (Å²) in [7, 11) is -0.898. The number of carbonyl (C=O) groups excluding carboxylic acids is 1. The SMILES string of the molecule is C[C@H](Oc1cccc(Br)c1)C(=O)NCC[S@](C)=O. The van der Waals surface area contributed by atoms with Gasteiger partial charge in [0.25, 0.3) is 5.91 Å². The van der Waals surface area contributed by atoms with E-state index < -0.39 is 16.9 Å². The molecule has 0 aromatic heterocycles. The highest BCUT2D eigenvalue weighted by atomic mass is 79.9. The van der Waals surface area contributed by atoms with E-state index in [9.17, 15) is 9.00 Å². The molecule has 0 aliphatic carbocycles. The Labute approximate surface area is 118 Å². The van der Waals surface area contributed by atoms with E-state index in [4.69, 9.17) is 4.74 Å². The largest absolute Gasteiger partial charge is 0.481 e. The van der Waals surface area contributed by atoms with Gasteiger partial charge in [-0.2, -0.15) is 0 Å². The quantitative estimate of drug-likeness (QED) is 0.862. The van der Waals surface area contributed by atoms with Gasteiger partial charge in [-0.3, -0.25) is 9.00 Å². The first-order valence-electron chi connectivity index (χ1n) is 5.49. The lowest BCUT2D eigenvalue weighted by molar-refractivity contribution is -0.127. The Hall–Kier alpha value is -0.880. The normalized spacial score (nSPS) is 13.7. The molecule has 1 aromatic carbocycles. The Morgan fingerprint density at radius 2 is 2.28 bits per heavy atom. The van der Waals surface area contributed by atoms with Crippen LogP contribution in [0, 0.1) is 0 Å². The topological polar surface area (TPSA) is 55.4 Å². The highest BCUT2D eigenvalue weighted by molar-refractivity contribution is 9.10. The van der Waals surface area contributed by atoms with Crippen molar-refractivity contribution in [3.8, 4) is 5.75 Å². The van der Waals surface area contributed by atoms with Crippen LogP contribution in [-0.4, -0.2) is 34.8 Å². The zero-order valence-corrected chi connectivity index (χ0v) is 12.7. The molecule has 0 saturated heterocycles. The van der Waals surface area contributed by atoms with Crippen LogP contribution in [0.2, 0.25) is 0 Å². The molecular formula is C12H16BrNO3S. The van der Waals surface area contributed by atoms with Gasteiger partial charge in [0.2, 0.25) is 0 Å². The predicted octanol–water partition coefficient (Wildman–Crippen LogP) is 1.71. The molecule has 0 unspecified atom stereocenters. The van der Waals surface area contributed by atoms with Gasteiger partial charge in [-0.15, -0.1) is 0 Å². The second-order valence-electron chi connectivity index (χ2n) is 3.79. The summed E-state index contributed by atoms with van der Waals surface area (Å²) in [4.78, 5) is 11.7. The number of carbonyl (C=O) groups is 1. The Bertz CT molecular complexity index is 439. The van der Waals surface area contributed by atoms with Gasteiger partial charge in [0.15, 0.2) is 6.10 Å². The van der Waals surface area contributed by atoms with E-state index in [0.29, 0.717) is 18.0 Å². The number of ether oxygens (including phenoxy) is 1. The number of nitrogens with one attached hydrogen (secondary N) is 1. The lowest BCUT2D eigenvalue weighted by Gasteiger charge is -2.14. The second kappa shape index (κ2) is 7.53. The molecule has 0 bridgehead atoms. The maximum Gasteiger partial charge on any atom is 0.260 e. The molecule has 4 nitrogen and oxygen atoms in total. The van der Waals surface area contributed by atoms with Gasteiger partial charge < -0.3 is 10.1 Å². The molecule has 100 valence electrons.